The standard InChI is InChI=1S/C20H25F6N5O4/c1-34-14-12-11(16(32)29-18(33)31(12)9-2-3-9)19(28,17(22)23)15(21)13(14)30-5-4-8(6-30)10(27)7-35-20(24,25)26/h8-11,17H,2-7,27-28H2,1H3,(H,29,32,33). The Kier molecular flexibility index (Phi) is 6.47. The van der Waals surface area contributed by atoms with Crippen molar-refractivity contribution < 1.29 is 45.4 Å². The normalized spacial score (nSPS) is 30.8. The molecule has 35 heavy (non-hydrogen) atoms. The third-order valence-corrected chi connectivity index (χ3v) is 6.82. The second-order valence-electron chi connectivity index (χ2n) is 9.06. The zero-order valence-electron chi connectivity index (χ0n) is 18.6. The number of nitrogens with one attached hydrogen (secondary N) is 1. The van der Waals surface area contributed by atoms with Gasteiger partial charge in [-0.25, -0.2) is 18.0 Å². The molecule has 0 radical (unpaired) electrons. The first kappa shape index (κ1) is 25.6. The van der Waals surface area contributed by atoms with Crippen LogP contribution in [0, 0.1) is 11.8 Å². The van der Waals surface area contributed by atoms with Crippen molar-refractivity contribution in [3.63, 3.8) is 0 Å². The Balaban J connectivity index is 1.74. The zero-order valence-corrected chi connectivity index (χ0v) is 18.6. The number of urea groups is 1. The van der Waals surface area contributed by atoms with Crippen LogP contribution in [0.15, 0.2) is 23.0 Å². The molecule has 0 spiro atoms. The van der Waals surface area contributed by atoms with Crippen LogP contribution in [0.2, 0.25) is 0 Å². The Hall–Kier alpha value is -2.52. The van der Waals surface area contributed by atoms with Crippen molar-refractivity contribution in [3.8, 4) is 0 Å². The number of alkyl halides is 5. The zero-order chi connectivity index (χ0) is 25.9. The van der Waals surface area contributed by atoms with Crippen molar-refractivity contribution in [3.05, 3.63) is 23.0 Å². The summed E-state index contributed by atoms with van der Waals surface area (Å²) in [7, 11) is 1.14. The van der Waals surface area contributed by atoms with Crippen LogP contribution in [0.5, 0.6) is 0 Å². The lowest BCUT2D eigenvalue weighted by Crippen LogP contribution is -2.68. The van der Waals surface area contributed by atoms with E-state index in [4.69, 9.17) is 16.2 Å². The summed E-state index contributed by atoms with van der Waals surface area (Å²) in [5.74, 6) is -5.54. The number of carbonyl (C=O) groups excluding carboxylic acids is 2. The summed E-state index contributed by atoms with van der Waals surface area (Å²) < 4.78 is 90.9. The Bertz CT molecular complexity index is 968. The third-order valence-electron chi connectivity index (χ3n) is 6.82. The number of hydrogen-bond donors (Lipinski definition) is 3. The van der Waals surface area contributed by atoms with Crippen LogP contribution >= 0.6 is 0 Å². The summed E-state index contributed by atoms with van der Waals surface area (Å²) in [6.07, 6.45) is -7.16. The van der Waals surface area contributed by atoms with Crippen LogP contribution in [-0.4, -0.2) is 79.0 Å². The van der Waals surface area contributed by atoms with Crippen molar-refractivity contribution in [2.45, 2.75) is 49.7 Å². The van der Waals surface area contributed by atoms with Gasteiger partial charge < -0.3 is 21.1 Å². The molecule has 0 bridgehead atoms. The minimum Gasteiger partial charge on any atom is -0.493 e. The van der Waals surface area contributed by atoms with Crippen molar-refractivity contribution in [1.29, 1.82) is 0 Å². The van der Waals surface area contributed by atoms with Crippen molar-refractivity contribution in [2.75, 3.05) is 26.8 Å². The van der Waals surface area contributed by atoms with E-state index < -0.39 is 72.3 Å². The molecule has 4 aliphatic rings. The molecule has 1 saturated carbocycles. The molecule has 0 aromatic rings. The number of likely N-dealkylation sites (tertiary alicyclic amines) is 1. The molecule has 15 heteroatoms. The molecule has 3 fully saturated rings. The first-order chi connectivity index (χ1) is 16.3. The van der Waals surface area contributed by atoms with Crippen molar-refractivity contribution in [1.82, 2.24) is 15.1 Å². The van der Waals surface area contributed by atoms with Crippen LogP contribution in [0.4, 0.5) is 31.1 Å². The number of nitrogens with zero attached hydrogens (tertiary/aromatic N) is 2. The Morgan fingerprint density at radius 2 is 1.89 bits per heavy atom. The van der Waals surface area contributed by atoms with E-state index in [1.807, 2.05) is 5.32 Å². The van der Waals surface area contributed by atoms with Gasteiger partial charge in [-0.1, -0.05) is 0 Å². The fourth-order valence-corrected chi connectivity index (χ4v) is 4.91. The third kappa shape index (κ3) is 4.33. The maximum Gasteiger partial charge on any atom is 0.522 e. The second kappa shape index (κ2) is 8.85. The molecule has 0 aromatic heterocycles. The lowest BCUT2D eigenvalue weighted by Gasteiger charge is -2.47. The monoisotopic (exact) mass is 513 g/mol. The van der Waals surface area contributed by atoms with Gasteiger partial charge in [-0.3, -0.25) is 19.7 Å². The number of nitrogens with two attached hydrogens (primary N) is 2. The lowest BCUT2D eigenvalue weighted by atomic mass is 9.74. The molecular formula is C20H25F6N5O4. The number of fused-ring (bicyclic) bond motifs is 1. The number of halogens is 6. The molecule has 3 amide bonds. The average molecular weight is 513 g/mol. The summed E-state index contributed by atoms with van der Waals surface area (Å²) in [4.78, 5) is 27.7. The molecule has 5 N–H and O–H groups in total. The largest absolute Gasteiger partial charge is 0.522 e. The van der Waals surface area contributed by atoms with Crippen LogP contribution in [0.1, 0.15) is 19.3 Å². The van der Waals surface area contributed by atoms with Crippen LogP contribution < -0.4 is 16.8 Å². The first-order valence-electron chi connectivity index (χ1n) is 10.9. The van der Waals surface area contributed by atoms with E-state index in [9.17, 15) is 31.5 Å². The predicted octanol–water partition coefficient (Wildman–Crippen LogP) is 1.52. The molecule has 2 saturated heterocycles. The van der Waals surface area contributed by atoms with Gasteiger partial charge in [-0.05, 0) is 25.2 Å². The van der Waals surface area contributed by atoms with Crippen LogP contribution in [0.3, 0.4) is 0 Å². The van der Waals surface area contributed by atoms with Gasteiger partial charge in [0, 0.05) is 25.2 Å². The van der Waals surface area contributed by atoms with E-state index in [0.717, 1.165) is 12.0 Å². The molecule has 2 aliphatic carbocycles. The van der Waals surface area contributed by atoms with Crippen LogP contribution in [-0.2, 0) is 14.3 Å². The Morgan fingerprint density at radius 3 is 2.43 bits per heavy atom. The number of ether oxygens (including phenoxy) is 2. The van der Waals surface area contributed by atoms with E-state index in [1.54, 1.807) is 0 Å². The highest BCUT2D eigenvalue weighted by Crippen LogP contribution is 2.50. The molecule has 4 atom stereocenters. The highest BCUT2D eigenvalue weighted by Gasteiger charge is 2.63. The molecular weight excluding hydrogens is 488 g/mol. The van der Waals surface area contributed by atoms with E-state index >= 15 is 4.39 Å². The van der Waals surface area contributed by atoms with E-state index in [2.05, 4.69) is 4.74 Å². The second-order valence-corrected chi connectivity index (χ2v) is 9.06. The minimum absolute atomic E-state index is 0.0286. The number of methoxy groups -OCH3 is 1. The van der Waals surface area contributed by atoms with Gasteiger partial charge in [-0.2, -0.15) is 0 Å². The van der Waals surface area contributed by atoms with Gasteiger partial charge in [0.1, 0.15) is 17.2 Å². The molecule has 4 rings (SSSR count). The highest BCUT2D eigenvalue weighted by atomic mass is 19.4. The lowest BCUT2D eigenvalue weighted by molar-refractivity contribution is -0.326. The summed E-state index contributed by atoms with van der Waals surface area (Å²) in [5, 5.41) is 1.98. The molecule has 2 aliphatic heterocycles. The number of rotatable bonds is 7. The van der Waals surface area contributed by atoms with Gasteiger partial charge in [0.25, 0.3) is 6.43 Å². The minimum atomic E-state index is -4.88. The fraction of sp³-hybridized carbons (Fsp3) is 0.700. The van der Waals surface area contributed by atoms with Crippen molar-refractivity contribution >= 4 is 11.9 Å². The number of amides is 3. The molecule has 196 valence electrons. The molecule has 2 heterocycles. The van der Waals surface area contributed by atoms with E-state index in [0.29, 0.717) is 12.8 Å². The molecule has 4 unspecified atom stereocenters. The van der Waals surface area contributed by atoms with E-state index in [-0.39, 0.29) is 31.0 Å². The fourth-order valence-electron chi connectivity index (χ4n) is 4.91. The quantitative estimate of drug-likeness (QED) is 0.441. The number of carbonyl (C=O) groups is 2. The average Bonchev–Trinajstić information content (AvgIpc) is 3.48. The SMILES string of the molecule is COC1=C2C(C(=O)NC(=O)N2C2CC2)C(N)(C(F)F)C(F)=C1N1CCC(C(N)COC(F)(F)F)C1. The maximum atomic E-state index is 15.9. The number of imide groups is 1. The summed E-state index contributed by atoms with van der Waals surface area (Å²) in [6.45, 7) is -0.925. The first-order valence-corrected chi connectivity index (χ1v) is 10.9. The van der Waals surface area contributed by atoms with Gasteiger partial charge in [0.15, 0.2) is 11.6 Å². The van der Waals surface area contributed by atoms with E-state index in [1.165, 1.54) is 4.90 Å². The summed E-state index contributed by atoms with van der Waals surface area (Å²) >= 11 is 0. The topological polar surface area (TPSA) is 123 Å². The van der Waals surface area contributed by atoms with Gasteiger partial charge >= 0.3 is 12.4 Å². The summed E-state index contributed by atoms with van der Waals surface area (Å²) in [6, 6.07) is -2.35. The van der Waals surface area contributed by atoms with Gasteiger partial charge in [0.05, 0.1) is 19.4 Å². The maximum absolute atomic E-state index is 15.9. The van der Waals surface area contributed by atoms with Crippen molar-refractivity contribution in [2.24, 2.45) is 23.3 Å². The van der Waals surface area contributed by atoms with Crippen LogP contribution in [0.25, 0.3) is 0 Å². The Morgan fingerprint density at radius 1 is 1.23 bits per heavy atom. The van der Waals surface area contributed by atoms with Gasteiger partial charge in [-0.15, -0.1) is 13.2 Å². The van der Waals surface area contributed by atoms with Gasteiger partial charge in [0.2, 0.25) is 5.91 Å². The molecule has 9 nitrogen and oxygen atoms in total. The Labute approximate surface area is 196 Å². The molecule has 0 aromatic carbocycles. The predicted molar refractivity (Wildman–Crippen MR) is 107 cm³/mol. The number of hydrogen-bond acceptors (Lipinski definition) is 7. The highest BCUT2D eigenvalue weighted by molar-refractivity contribution is 6.02. The smallest absolute Gasteiger partial charge is 0.493 e. The summed E-state index contributed by atoms with van der Waals surface area (Å²) in [5.41, 5.74) is 7.92.